The van der Waals surface area contributed by atoms with E-state index in [4.69, 9.17) is 31.5 Å². The van der Waals surface area contributed by atoms with Crippen molar-refractivity contribution >= 4 is 29.9 Å². The van der Waals surface area contributed by atoms with E-state index in [2.05, 4.69) is 5.32 Å². The molecule has 9 heteroatoms. The van der Waals surface area contributed by atoms with Crippen LogP contribution in [0.25, 0.3) is 0 Å². The fourth-order valence-corrected chi connectivity index (χ4v) is 3.32. The highest BCUT2D eigenvalue weighted by Crippen LogP contribution is 2.39. The van der Waals surface area contributed by atoms with Crippen molar-refractivity contribution in [1.82, 2.24) is 5.32 Å². The molecule has 2 atom stereocenters. The summed E-state index contributed by atoms with van der Waals surface area (Å²) in [6.45, 7) is 2.17. The van der Waals surface area contributed by atoms with E-state index in [9.17, 15) is 9.90 Å². The van der Waals surface area contributed by atoms with Gasteiger partial charge in [-0.05, 0) is 36.5 Å². The predicted molar refractivity (Wildman–Crippen MR) is 99.2 cm³/mol. The molecule has 146 valence electrons. The smallest absolute Gasteiger partial charge is 0.237 e. The first kappa shape index (κ1) is 21.1. The number of halogens is 2. The number of hydrogen-bond donors (Lipinski definition) is 3. The minimum atomic E-state index is -0.917. The van der Waals surface area contributed by atoms with Gasteiger partial charge in [-0.3, -0.25) is 4.79 Å². The maximum atomic E-state index is 12.2. The maximum absolute atomic E-state index is 12.2. The Balaban J connectivity index is 0.00000243. The monoisotopic (exact) mass is 406 g/mol. The summed E-state index contributed by atoms with van der Waals surface area (Å²) in [7, 11) is 0. The minimum absolute atomic E-state index is 0. The highest BCUT2D eigenvalue weighted by Gasteiger charge is 2.27. The molecule has 0 radical (unpaired) electrons. The quantitative estimate of drug-likeness (QED) is 0.683. The zero-order valence-corrected chi connectivity index (χ0v) is 15.9. The van der Waals surface area contributed by atoms with Crippen molar-refractivity contribution in [2.75, 3.05) is 33.0 Å². The fourth-order valence-electron chi connectivity index (χ4n) is 3.05. The Morgan fingerprint density at radius 2 is 1.96 bits per heavy atom. The van der Waals surface area contributed by atoms with Crippen LogP contribution >= 0.6 is 24.0 Å². The number of nitrogens with two attached hydrogens (primary N) is 1. The van der Waals surface area contributed by atoms with E-state index in [0.717, 1.165) is 12.8 Å². The van der Waals surface area contributed by atoms with Gasteiger partial charge in [0.1, 0.15) is 13.2 Å². The number of hydrogen-bond acceptors (Lipinski definition) is 6. The second-order valence-corrected chi connectivity index (χ2v) is 6.67. The van der Waals surface area contributed by atoms with E-state index in [1.807, 2.05) is 0 Å². The predicted octanol–water partition coefficient (Wildman–Crippen LogP) is 1.44. The molecule has 2 aliphatic heterocycles. The highest BCUT2D eigenvalue weighted by atomic mass is 35.5. The van der Waals surface area contributed by atoms with Gasteiger partial charge in [0.05, 0.1) is 17.2 Å². The van der Waals surface area contributed by atoms with E-state index >= 15 is 0 Å². The van der Waals surface area contributed by atoms with E-state index in [1.165, 1.54) is 0 Å². The van der Waals surface area contributed by atoms with E-state index < -0.39 is 12.1 Å². The van der Waals surface area contributed by atoms with Gasteiger partial charge in [-0.25, -0.2) is 0 Å². The normalized spacial score (nSPS) is 19.2. The van der Waals surface area contributed by atoms with Crippen LogP contribution < -0.4 is 20.5 Å². The first-order valence-corrected chi connectivity index (χ1v) is 8.82. The van der Waals surface area contributed by atoms with Crippen LogP contribution in [0, 0.1) is 5.92 Å². The maximum Gasteiger partial charge on any atom is 0.237 e. The fraction of sp³-hybridized carbons (Fsp3) is 0.588. The Hall–Kier alpha value is -1.25. The summed E-state index contributed by atoms with van der Waals surface area (Å²) in [6, 6.07) is 2.69. The molecular weight excluding hydrogens is 383 g/mol. The van der Waals surface area contributed by atoms with Gasteiger partial charge in [-0.1, -0.05) is 11.6 Å². The van der Waals surface area contributed by atoms with Gasteiger partial charge >= 0.3 is 0 Å². The standard InChI is InChI=1S/C17H23ClN2O5.ClH/c18-12-7-11(8-14-16(12)25-6-5-24-14)13(21)9-20-17(22)15(19)10-1-3-23-4-2-10;/h7-8,10,13,15,21H,1-6,9,19H2,(H,20,22);1H. The Kier molecular flexibility index (Phi) is 7.79. The third-order valence-electron chi connectivity index (χ3n) is 4.55. The minimum Gasteiger partial charge on any atom is -0.486 e. The lowest BCUT2D eigenvalue weighted by Gasteiger charge is -2.27. The molecule has 2 aliphatic rings. The van der Waals surface area contributed by atoms with Gasteiger partial charge in [0, 0.05) is 19.8 Å². The molecule has 1 aromatic carbocycles. The molecule has 0 saturated carbocycles. The second kappa shape index (κ2) is 9.62. The summed E-state index contributed by atoms with van der Waals surface area (Å²) in [5.41, 5.74) is 6.58. The first-order valence-electron chi connectivity index (χ1n) is 8.44. The molecule has 2 heterocycles. The van der Waals surface area contributed by atoms with Crippen molar-refractivity contribution in [3.8, 4) is 11.5 Å². The molecule has 7 nitrogen and oxygen atoms in total. The Morgan fingerprint density at radius 3 is 2.69 bits per heavy atom. The molecule has 1 fully saturated rings. The number of carbonyl (C=O) groups is 1. The average Bonchev–Trinajstić information content (AvgIpc) is 2.65. The molecule has 0 aliphatic carbocycles. The number of aliphatic hydroxyl groups is 1. The van der Waals surface area contributed by atoms with Crippen LogP contribution in [-0.2, 0) is 9.53 Å². The summed E-state index contributed by atoms with van der Waals surface area (Å²) < 4.78 is 16.2. The molecule has 1 aromatic rings. The number of ether oxygens (including phenoxy) is 3. The molecule has 0 bridgehead atoms. The van der Waals surface area contributed by atoms with Gasteiger partial charge in [0.2, 0.25) is 5.91 Å². The summed E-state index contributed by atoms with van der Waals surface area (Å²) in [6.07, 6.45) is 0.628. The van der Waals surface area contributed by atoms with Crippen LogP contribution in [0.1, 0.15) is 24.5 Å². The third-order valence-corrected chi connectivity index (χ3v) is 4.83. The Labute approximate surface area is 163 Å². The zero-order valence-electron chi connectivity index (χ0n) is 14.3. The average molecular weight is 407 g/mol. The summed E-state index contributed by atoms with van der Waals surface area (Å²) in [5, 5.41) is 13.4. The molecule has 1 saturated heterocycles. The van der Waals surface area contributed by atoms with Crippen molar-refractivity contribution in [2.24, 2.45) is 11.7 Å². The molecule has 3 rings (SSSR count). The lowest BCUT2D eigenvalue weighted by Crippen LogP contribution is -2.47. The van der Waals surface area contributed by atoms with E-state index in [0.29, 0.717) is 48.5 Å². The summed E-state index contributed by atoms with van der Waals surface area (Å²) >= 11 is 6.17. The lowest BCUT2D eigenvalue weighted by atomic mass is 9.92. The summed E-state index contributed by atoms with van der Waals surface area (Å²) in [5.74, 6) is 0.816. The van der Waals surface area contributed by atoms with Gasteiger partial charge in [0.15, 0.2) is 11.5 Å². The second-order valence-electron chi connectivity index (χ2n) is 6.26. The first-order chi connectivity index (χ1) is 12.1. The van der Waals surface area contributed by atoms with Crippen LogP contribution in [-0.4, -0.2) is 50.0 Å². The van der Waals surface area contributed by atoms with E-state index in [-0.39, 0.29) is 30.8 Å². The molecule has 0 spiro atoms. The zero-order chi connectivity index (χ0) is 17.8. The van der Waals surface area contributed by atoms with Crippen LogP contribution in [0.2, 0.25) is 5.02 Å². The third kappa shape index (κ3) is 4.92. The number of rotatable bonds is 5. The van der Waals surface area contributed by atoms with Crippen LogP contribution in [0.15, 0.2) is 12.1 Å². The van der Waals surface area contributed by atoms with Gasteiger partial charge in [-0.2, -0.15) is 0 Å². The lowest BCUT2D eigenvalue weighted by molar-refractivity contribution is -0.124. The van der Waals surface area contributed by atoms with Gasteiger partial charge in [0.25, 0.3) is 0 Å². The SMILES string of the molecule is Cl.NC(C(=O)NCC(O)c1cc(Cl)c2c(c1)OCCO2)C1CCOCC1. The van der Waals surface area contributed by atoms with Crippen LogP contribution in [0.5, 0.6) is 11.5 Å². The number of nitrogens with one attached hydrogen (secondary N) is 1. The molecule has 1 amide bonds. The molecule has 0 aromatic heterocycles. The summed E-state index contributed by atoms with van der Waals surface area (Å²) in [4.78, 5) is 12.2. The number of fused-ring (bicyclic) bond motifs is 1. The van der Waals surface area contributed by atoms with E-state index in [1.54, 1.807) is 12.1 Å². The molecule has 2 unspecified atom stereocenters. The molecule has 26 heavy (non-hydrogen) atoms. The van der Waals surface area contributed by atoms with Crippen molar-refractivity contribution in [1.29, 1.82) is 0 Å². The highest BCUT2D eigenvalue weighted by molar-refractivity contribution is 6.32. The van der Waals surface area contributed by atoms with Gasteiger partial charge < -0.3 is 30.4 Å². The van der Waals surface area contributed by atoms with Crippen molar-refractivity contribution in [2.45, 2.75) is 25.0 Å². The number of amides is 1. The van der Waals surface area contributed by atoms with Gasteiger partial charge in [-0.15, -0.1) is 12.4 Å². The molecule has 4 N–H and O–H groups in total. The Bertz CT molecular complexity index is 625. The molecular formula is C17H24Cl2N2O5. The largest absolute Gasteiger partial charge is 0.486 e. The van der Waals surface area contributed by atoms with Crippen molar-refractivity contribution in [3.05, 3.63) is 22.7 Å². The Morgan fingerprint density at radius 1 is 1.27 bits per heavy atom. The van der Waals surface area contributed by atoms with Crippen LogP contribution in [0.3, 0.4) is 0 Å². The van der Waals surface area contributed by atoms with Crippen molar-refractivity contribution in [3.63, 3.8) is 0 Å². The number of benzene rings is 1. The number of carbonyl (C=O) groups excluding carboxylic acids is 1. The topological polar surface area (TPSA) is 103 Å². The van der Waals surface area contributed by atoms with Crippen molar-refractivity contribution < 1.29 is 24.1 Å². The number of aliphatic hydroxyl groups excluding tert-OH is 1. The van der Waals surface area contributed by atoms with Crippen LogP contribution in [0.4, 0.5) is 0 Å².